The molecule has 0 heterocycles. The van der Waals surface area contributed by atoms with Crippen LogP contribution in [0, 0.1) is 6.92 Å². The Morgan fingerprint density at radius 2 is 1.70 bits per heavy atom. The standard InChI is InChI=1S/C21H27N3O2.ClH/c1-4-22-14-18-7-5-6-8-19(18)24-21(26)13-20(23-16(3)25)17-11-9-15(2)10-12-17;/h5-12,20,22H,4,13-14H2,1-3H3,(H,23,25)(H,24,26);1H. The molecule has 0 aliphatic rings. The van der Waals surface area contributed by atoms with Crippen molar-refractivity contribution in [3.63, 3.8) is 0 Å². The highest BCUT2D eigenvalue weighted by atomic mass is 35.5. The molecule has 0 aliphatic heterocycles. The van der Waals surface area contributed by atoms with Crippen molar-refractivity contribution in [1.29, 1.82) is 0 Å². The minimum absolute atomic E-state index is 0. The lowest BCUT2D eigenvalue weighted by molar-refractivity contribution is -0.120. The second-order valence-electron chi connectivity index (χ2n) is 6.35. The van der Waals surface area contributed by atoms with Crippen molar-refractivity contribution in [1.82, 2.24) is 10.6 Å². The summed E-state index contributed by atoms with van der Waals surface area (Å²) in [5.74, 6) is -0.288. The van der Waals surface area contributed by atoms with Crippen molar-refractivity contribution in [2.45, 2.75) is 39.8 Å². The smallest absolute Gasteiger partial charge is 0.226 e. The highest BCUT2D eigenvalue weighted by Crippen LogP contribution is 2.20. The Bertz CT molecular complexity index is 747. The second-order valence-corrected chi connectivity index (χ2v) is 6.35. The summed E-state index contributed by atoms with van der Waals surface area (Å²) in [5, 5.41) is 9.11. The topological polar surface area (TPSA) is 70.2 Å². The van der Waals surface area contributed by atoms with E-state index in [-0.39, 0.29) is 36.7 Å². The fourth-order valence-electron chi connectivity index (χ4n) is 2.74. The van der Waals surface area contributed by atoms with E-state index in [9.17, 15) is 9.59 Å². The Morgan fingerprint density at radius 3 is 2.33 bits per heavy atom. The lowest BCUT2D eigenvalue weighted by atomic mass is 10.0. The third-order valence-electron chi connectivity index (χ3n) is 4.10. The quantitative estimate of drug-likeness (QED) is 0.644. The van der Waals surface area contributed by atoms with Gasteiger partial charge < -0.3 is 16.0 Å². The van der Waals surface area contributed by atoms with Gasteiger partial charge in [-0.25, -0.2) is 0 Å². The third-order valence-corrected chi connectivity index (χ3v) is 4.10. The Labute approximate surface area is 167 Å². The van der Waals surface area contributed by atoms with E-state index in [1.807, 2.05) is 62.4 Å². The number of nitrogens with one attached hydrogen (secondary N) is 3. The maximum atomic E-state index is 12.6. The molecule has 1 atom stereocenters. The molecule has 0 radical (unpaired) electrons. The SMILES string of the molecule is CCNCc1ccccc1NC(=O)CC(NC(C)=O)c1ccc(C)cc1.Cl. The monoisotopic (exact) mass is 389 g/mol. The van der Waals surface area contributed by atoms with Crippen molar-refractivity contribution in [3.8, 4) is 0 Å². The Morgan fingerprint density at radius 1 is 1.04 bits per heavy atom. The third kappa shape index (κ3) is 7.41. The molecule has 0 saturated carbocycles. The average Bonchev–Trinajstić information content (AvgIpc) is 2.60. The summed E-state index contributed by atoms with van der Waals surface area (Å²) < 4.78 is 0. The summed E-state index contributed by atoms with van der Waals surface area (Å²) in [6.45, 7) is 7.07. The first-order valence-electron chi connectivity index (χ1n) is 8.91. The van der Waals surface area contributed by atoms with Crippen LogP contribution in [0.15, 0.2) is 48.5 Å². The molecule has 2 amide bonds. The van der Waals surface area contributed by atoms with Gasteiger partial charge in [0.15, 0.2) is 0 Å². The van der Waals surface area contributed by atoms with Crippen molar-refractivity contribution in [2.24, 2.45) is 0 Å². The first-order valence-corrected chi connectivity index (χ1v) is 8.91. The van der Waals surface area contributed by atoms with Gasteiger partial charge in [0.25, 0.3) is 0 Å². The lowest BCUT2D eigenvalue weighted by Gasteiger charge is -2.19. The van der Waals surface area contributed by atoms with Crippen molar-refractivity contribution in [3.05, 3.63) is 65.2 Å². The number of amides is 2. The van der Waals surface area contributed by atoms with E-state index in [4.69, 9.17) is 0 Å². The maximum Gasteiger partial charge on any atom is 0.226 e. The van der Waals surface area contributed by atoms with Crippen LogP contribution in [-0.4, -0.2) is 18.4 Å². The van der Waals surface area contributed by atoms with Crippen LogP contribution in [0.2, 0.25) is 0 Å². The molecule has 0 aliphatic carbocycles. The largest absolute Gasteiger partial charge is 0.349 e. The highest BCUT2D eigenvalue weighted by Gasteiger charge is 2.17. The van der Waals surface area contributed by atoms with E-state index in [0.717, 1.165) is 28.9 Å². The number of carbonyl (C=O) groups is 2. The van der Waals surface area contributed by atoms with Gasteiger partial charge in [-0.15, -0.1) is 12.4 Å². The lowest BCUT2D eigenvalue weighted by Crippen LogP contribution is -2.30. The number of para-hydroxylation sites is 1. The van der Waals surface area contributed by atoms with E-state index in [0.29, 0.717) is 6.54 Å². The zero-order valence-electron chi connectivity index (χ0n) is 16.0. The predicted octanol–water partition coefficient (Wildman–Crippen LogP) is 3.73. The minimum atomic E-state index is -0.353. The van der Waals surface area contributed by atoms with E-state index in [2.05, 4.69) is 16.0 Å². The normalized spacial score (nSPS) is 11.2. The van der Waals surface area contributed by atoms with E-state index in [1.165, 1.54) is 6.92 Å². The Balaban J connectivity index is 0.00000364. The van der Waals surface area contributed by atoms with Crippen LogP contribution in [0.1, 0.15) is 43.0 Å². The number of hydrogen-bond donors (Lipinski definition) is 3. The molecule has 0 bridgehead atoms. The molecule has 0 fully saturated rings. The van der Waals surface area contributed by atoms with Gasteiger partial charge in [0.1, 0.15) is 0 Å². The van der Waals surface area contributed by atoms with Crippen LogP contribution in [0.5, 0.6) is 0 Å². The molecular weight excluding hydrogens is 362 g/mol. The summed E-state index contributed by atoms with van der Waals surface area (Å²) in [5.41, 5.74) is 3.89. The number of carbonyl (C=O) groups excluding carboxylic acids is 2. The molecule has 5 nitrogen and oxygen atoms in total. The number of aryl methyl sites for hydroxylation is 1. The van der Waals surface area contributed by atoms with Gasteiger partial charge in [0.05, 0.1) is 12.5 Å². The molecule has 0 spiro atoms. The first-order chi connectivity index (χ1) is 12.5. The summed E-state index contributed by atoms with van der Waals surface area (Å²) in [4.78, 5) is 24.1. The van der Waals surface area contributed by atoms with Gasteiger partial charge in [0.2, 0.25) is 11.8 Å². The summed E-state index contributed by atoms with van der Waals surface area (Å²) in [6.07, 6.45) is 0.179. The van der Waals surface area contributed by atoms with Gasteiger partial charge in [0, 0.05) is 19.2 Å². The number of halogens is 1. The molecular formula is C21H28ClN3O2. The van der Waals surface area contributed by atoms with Crippen LogP contribution in [0.4, 0.5) is 5.69 Å². The van der Waals surface area contributed by atoms with Gasteiger partial charge in [-0.1, -0.05) is 55.0 Å². The average molecular weight is 390 g/mol. The Kier molecular flexibility index (Phi) is 9.54. The van der Waals surface area contributed by atoms with E-state index >= 15 is 0 Å². The number of benzene rings is 2. The van der Waals surface area contributed by atoms with Crippen molar-refractivity contribution in [2.75, 3.05) is 11.9 Å². The predicted molar refractivity (Wildman–Crippen MR) is 112 cm³/mol. The summed E-state index contributed by atoms with van der Waals surface area (Å²) >= 11 is 0. The zero-order chi connectivity index (χ0) is 18.9. The van der Waals surface area contributed by atoms with Crippen LogP contribution >= 0.6 is 12.4 Å². The molecule has 2 aromatic rings. The number of hydrogen-bond acceptors (Lipinski definition) is 3. The number of anilines is 1. The molecule has 27 heavy (non-hydrogen) atoms. The van der Waals surface area contributed by atoms with Crippen LogP contribution < -0.4 is 16.0 Å². The molecule has 1 unspecified atom stereocenters. The second kappa shape index (κ2) is 11.4. The summed E-state index contributed by atoms with van der Waals surface area (Å²) in [6, 6.07) is 15.2. The molecule has 2 rings (SSSR count). The molecule has 146 valence electrons. The minimum Gasteiger partial charge on any atom is -0.349 e. The maximum absolute atomic E-state index is 12.6. The fourth-order valence-corrected chi connectivity index (χ4v) is 2.74. The van der Waals surface area contributed by atoms with E-state index in [1.54, 1.807) is 0 Å². The molecule has 0 aromatic heterocycles. The summed E-state index contributed by atoms with van der Waals surface area (Å²) in [7, 11) is 0. The first kappa shape index (κ1) is 22.7. The van der Waals surface area contributed by atoms with Crippen LogP contribution in [0.3, 0.4) is 0 Å². The fraction of sp³-hybridized carbons (Fsp3) is 0.333. The zero-order valence-corrected chi connectivity index (χ0v) is 16.9. The highest BCUT2D eigenvalue weighted by molar-refractivity contribution is 5.92. The van der Waals surface area contributed by atoms with Gasteiger partial charge in [-0.2, -0.15) is 0 Å². The van der Waals surface area contributed by atoms with Crippen molar-refractivity contribution < 1.29 is 9.59 Å². The van der Waals surface area contributed by atoms with Gasteiger partial charge in [-0.05, 0) is 30.7 Å². The van der Waals surface area contributed by atoms with Crippen LogP contribution in [0.25, 0.3) is 0 Å². The molecule has 2 aromatic carbocycles. The number of rotatable bonds is 8. The van der Waals surface area contributed by atoms with Gasteiger partial charge in [-0.3, -0.25) is 9.59 Å². The van der Waals surface area contributed by atoms with Crippen molar-refractivity contribution >= 4 is 29.9 Å². The molecule has 0 saturated heterocycles. The molecule has 6 heteroatoms. The van der Waals surface area contributed by atoms with Gasteiger partial charge >= 0.3 is 0 Å². The Hall–Kier alpha value is -2.37. The molecule has 3 N–H and O–H groups in total. The van der Waals surface area contributed by atoms with E-state index < -0.39 is 0 Å². The van der Waals surface area contributed by atoms with Crippen LogP contribution in [-0.2, 0) is 16.1 Å².